The van der Waals surface area contributed by atoms with Gasteiger partial charge in [0.25, 0.3) is 5.91 Å². The summed E-state index contributed by atoms with van der Waals surface area (Å²) in [5.74, 6) is -1.06. The van der Waals surface area contributed by atoms with E-state index in [1.807, 2.05) is 36.4 Å². The lowest BCUT2D eigenvalue weighted by Crippen LogP contribution is -2.41. The molecule has 3 aromatic carbocycles. The molecule has 0 atom stereocenters. The number of halogens is 3. The molecule has 1 saturated heterocycles. The first-order valence-corrected chi connectivity index (χ1v) is 14.0. The summed E-state index contributed by atoms with van der Waals surface area (Å²) >= 11 is 0. The van der Waals surface area contributed by atoms with Gasteiger partial charge in [-0.3, -0.25) is 9.69 Å². The van der Waals surface area contributed by atoms with Crippen LogP contribution in [0.5, 0.6) is 5.75 Å². The van der Waals surface area contributed by atoms with E-state index in [-0.39, 0.29) is 30.6 Å². The first-order chi connectivity index (χ1) is 20.2. The van der Waals surface area contributed by atoms with Crippen molar-refractivity contribution in [1.82, 2.24) is 14.5 Å². The minimum absolute atomic E-state index is 0.00421. The Kier molecular flexibility index (Phi) is 7.51. The molecule has 0 bridgehead atoms. The van der Waals surface area contributed by atoms with E-state index >= 15 is 0 Å². The number of piperidine rings is 1. The number of imidazole rings is 1. The highest BCUT2D eigenvalue weighted by molar-refractivity contribution is 6.09. The summed E-state index contributed by atoms with van der Waals surface area (Å²) in [5, 5.41) is 9.85. The van der Waals surface area contributed by atoms with Crippen LogP contribution in [0.15, 0.2) is 72.8 Å². The predicted octanol–water partition coefficient (Wildman–Crippen LogP) is 5.86. The first-order valence-electron chi connectivity index (χ1n) is 14.0. The van der Waals surface area contributed by atoms with Crippen LogP contribution in [-0.4, -0.2) is 58.3 Å². The van der Waals surface area contributed by atoms with Gasteiger partial charge in [-0.1, -0.05) is 36.4 Å². The van der Waals surface area contributed by atoms with Crippen molar-refractivity contribution in [3.05, 3.63) is 89.9 Å². The van der Waals surface area contributed by atoms with Gasteiger partial charge in [-0.2, -0.15) is 13.2 Å². The summed E-state index contributed by atoms with van der Waals surface area (Å²) in [6, 6.07) is 22.2. The topological polar surface area (TPSA) is 70.8 Å². The third-order valence-corrected chi connectivity index (χ3v) is 8.04. The van der Waals surface area contributed by atoms with Crippen LogP contribution in [0.3, 0.4) is 0 Å². The number of hydrogen-bond donors (Lipinski definition) is 1. The number of ether oxygens (including phenoxy) is 1. The lowest BCUT2D eigenvalue weighted by molar-refractivity contribution is -0.147. The van der Waals surface area contributed by atoms with Gasteiger partial charge >= 0.3 is 6.18 Å². The number of methoxy groups -OCH3 is 1. The van der Waals surface area contributed by atoms with Gasteiger partial charge in [0.1, 0.15) is 17.1 Å². The van der Waals surface area contributed by atoms with Crippen molar-refractivity contribution < 1.29 is 27.8 Å². The van der Waals surface area contributed by atoms with E-state index in [0.717, 1.165) is 48.2 Å². The van der Waals surface area contributed by atoms with Crippen molar-refractivity contribution in [2.24, 2.45) is 0 Å². The smallest absolute Gasteiger partial charge is 0.449 e. The molecule has 2 aliphatic heterocycles. The highest BCUT2D eigenvalue weighted by atomic mass is 19.4. The Labute approximate surface area is 241 Å². The lowest BCUT2D eigenvalue weighted by Gasteiger charge is -2.30. The Morgan fingerprint density at radius 2 is 1.57 bits per heavy atom. The van der Waals surface area contributed by atoms with E-state index in [0.29, 0.717) is 17.0 Å². The van der Waals surface area contributed by atoms with E-state index in [9.17, 15) is 23.1 Å². The van der Waals surface area contributed by atoms with Crippen molar-refractivity contribution in [3.8, 4) is 28.1 Å². The Bertz CT molecular complexity index is 1570. The number of rotatable bonds is 6. The van der Waals surface area contributed by atoms with Gasteiger partial charge in [0.15, 0.2) is 0 Å². The van der Waals surface area contributed by atoms with Gasteiger partial charge < -0.3 is 19.3 Å². The molecule has 7 nitrogen and oxygen atoms in total. The van der Waals surface area contributed by atoms with Crippen LogP contribution in [0.1, 0.15) is 34.7 Å². The van der Waals surface area contributed by atoms with Crippen LogP contribution in [0, 0.1) is 0 Å². The fraction of sp³-hybridized carbons (Fsp3) is 0.312. The molecule has 1 aromatic heterocycles. The molecule has 10 heteroatoms. The van der Waals surface area contributed by atoms with E-state index < -0.39 is 17.9 Å². The molecule has 0 saturated carbocycles. The SMILES string of the molecule is COc1ccc(-c2nc(C(F)(F)F)n3c2C(=O)N(c2ccc(-c4ccccc4CN4CCC(O)CC4)cc2)CC3)cc1. The number of likely N-dealkylation sites (tertiary alicyclic amines) is 1. The fourth-order valence-electron chi connectivity index (χ4n) is 5.81. The van der Waals surface area contributed by atoms with Crippen LogP contribution >= 0.6 is 0 Å². The van der Waals surface area contributed by atoms with E-state index in [1.165, 1.54) is 17.6 Å². The maximum absolute atomic E-state index is 13.9. The molecule has 6 rings (SSSR count). The number of fused-ring (bicyclic) bond motifs is 1. The van der Waals surface area contributed by atoms with Crippen molar-refractivity contribution >= 4 is 11.6 Å². The van der Waals surface area contributed by atoms with Gasteiger partial charge in [0.05, 0.1) is 13.2 Å². The molecule has 1 fully saturated rings. The minimum Gasteiger partial charge on any atom is -0.497 e. The van der Waals surface area contributed by atoms with Crippen LogP contribution in [0.25, 0.3) is 22.4 Å². The second-order valence-electron chi connectivity index (χ2n) is 10.7. The summed E-state index contributed by atoms with van der Waals surface area (Å²) < 4.78 is 48.0. The van der Waals surface area contributed by atoms with Crippen LogP contribution in [0.4, 0.5) is 18.9 Å². The molecule has 4 aromatic rings. The lowest BCUT2D eigenvalue weighted by atomic mass is 9.98. The maximum atomic E-state index is 13.9. The normalized spacial score (nSPS) is 16.5. The Balaban J connectivity index is 1.29. The first kappa shape index (κ1) is 28.0. The second-order valence-corrected chi connectivity index (χ2v) is 10.7. The standard InChI is InChI=1S/C32H31F3N4O3/c1-42-26-12-8-22(9-13-26)28-29-30(41)38(18-19-39(29)31(36-28)32(33,34)35)24-10-6-21(7-11-24)27-5-3-2-4-23(27)20-37-16-14-25(40)15-17-37/h2-13,25,40H,14-20H2,1H3. The van der Waals surface area contributed by atoms with Crippen molar-refractivity contribution in [2.75, 3.05) is 31.6 Å². The molecule has 0 aliphatic carbocycles. The number of anilines is 1. The maximum Gasteiger partial charge on any atom is 0.449 e. The number of aliphatic hydroxyl groups is 1. The molecule has 2 aliphatic rings. The van der Waals surface area contributed by atoms with Crippen LogP contribution in [0.2, 0.25) is 0 Å². The highest BCUT2D eigenvalue weighted by Crippen LogP contribution is 2.37. The Hall–Kier alpha value is -4.15. The van der Waals surface area contributed by atoms with Gasteiger partial charge in [0, 0.05) is 44.0 Å². The van der Waals surface area contributed by atoms with Crippen LogP contribution in [-0.2, 0) is 19.3 Å². The molecule has 0 spiro atoms. The summed E-state index contributed by atoms with van der Waals surface area (Å²) in [6.45, 7) is 2.51. The Morgan fingerprint density at radius 3 is 2.24 bits per heavy atom. The molecule has 218 valence electrons. The number of amides is 1. The highest BCUT2D eigenvalue weighted by Gasteiger charge is 2.43. The van der Waals surface area contributed by atoms with Crippen LogP contribution < -0.4 is 9.64 Å². The number of aliphatic hydroxyl groups excluding tert-OH is 1. The van der Waals surface area contributed by atoms with Gasteiger partial charge in [0.2, 0.25) is 5.82 Å². The second kappa shape index (κ2) is 11.3. The third kappa shape index (κ3) is 5.39. The number of alkyl halides is 3. The number of aromatic nitrogens is 2. The van der Waals surface area contributed by atoms with Crippen molar-refractivity contribution in [1.29, 1.82) is 0 Å². The quantitative estimate of drug-likeness (QED) is 0.311. The summed E-state index contributed by atoms with van der Waals surface area (Å²) in [4.78, 5) is 21.5. The molecular weight excluding hydrogens is 545 g/mol. The van der Waals surface area contributed by atoms with Gasteiger partial charge in [-0.25, -0.2) is 4.98 Å². The molecule has 0 radical (unpaired) electrons. The number of benzene rings is 3. The summed E-state index contributed by atoms with van der Waals surface area (Å²) in [7, 11) is 1.50. The van der Waals surface area contributed by atoms with Gasteiger partial charge in [-0.15, -0.1) is 0 Å². The monoisotopic (exact) mass is 576 g/mol. The fourth-order valence-corrected chi connectivity index (χ4v) is 5.81. The zero-order chi connectivity index (χ0) is 29.4. The minimum atomic E-state index is -4.70. The summed E-state index contributed by atoms with van der Waals surface area (Å²) in [6.07, 6.45) is -3.40. The largest absolute Gasteiger partial charge is 0.497 e. The average Bonchev–Trinajstić information content (AvgIpc) is 3.41. The van der Waals surface area contributed by atoms with Crippen molar-refractivity contribution in [3.63, 3.8) is 0 Å². The molecule has 3 heterocycles. The van der Waals surface area contributed by atoms with E-state index in [1.54, 1.807) is 24.3 Å². The zero-order valence-electron chi connectivity index (χ0n) is 23.1. The van der Waals surface area contributed by atoms with E-state index in [4.69, 9.17) is 4.74 Å². The number of nitrogens with zero attached hydrogens (tertiary/aromatic N) is 4. The number of carbonyl (C=O) groups excluding carboxylic acids is 1. The molecule has 1 N–H and O–H groups in total. The van der Waals surface area contributed by atoms with Gasteiger partial charge in [-0.05, 0) is 65.9 Å². The Morgan fingerprint density at radius 1 is 0.905 bits per heavy atom. The molecule has 0 unspecified atom stereocenters. The van der Waals surface area contributed by atoms with E-state index in [2.05, 4.69) is 22.0 Å². The summed E-state index contributed by atoms with van der Waals surface area (Å²) in [5.41, 5.74) is 4.15. The molecule has 42 heavy (non-hydrogen) atoms. The van der Waals surface area contributed by atoms with Crippen molar-refractivity contribution in [2.45, 2.75) is 38.2 Å². The molecule has 1 amide bonds. The average molecular weight is 577 g/mol. The number of hydrogen-bond acceptors (Lipinski definition) is 5. The zero-order valence-corrected chi connectivity index (χ0v) is 23.1. The number of carbonyl (C=O) groups is 1. The third-order valence-electron chi connectivity index (χ3n) is 8.04. The molecular formula is C32H31F3N4O3. The predicted molar refractivity (Wildman–Crippen MR) is 153 cm³/mol.